The van der Waals surface area contributed by atoms with Gasteiger partial charge in [0.2, 0.25) is 23.1 Å². The maximum absolute atomic E-state index is 6.47. The number of ether oxygens (including phenoxy) is 2. The molecule has 308 valence electrons. The van der Waals surface area contributed by atoms with Crippen LogP contribution in [0.3, 0.4) is 0 Å². The molecule has 0 amide bonds. The van der Waals surface area contributed by atoms with Gasteiger partial charge in [0.15, 0.2) is 45.6 Å². The minimum Gasteiger partial charge on any atom is -0.378 e. The fourth-order valence-electron chi connectivity index (χ4n) is 7.64. The van der Waals surface area contributed by atoms with E-state index in [2.05, 4.69) is 49.5 Å². The van der Waals surface area contributed by atoms with Crippen LogP contribution in [-0.2, 0) is 22.6 Å². The Kier molecular flexibility index (Phi) is 10.4. The molecule has 3 aliphatic heterocycles. The lowest BCUT2D eigenvalue weighted by Gasteiger charge is -2.28. The van der Waals surface area contributed by atoms with Gasteiger partial charge >= 0.3 is 0 Å². The van der Waals surface area contributed by atoms with Crippen molar-refractivity contribution >= 4 is 63.4 Å². The van der Waals surface area contributed by atoms with Crippen LogP contribution in [0, 0.1) is 11.8 Å². The molecule has 11 rings (SSSR count). The Labute approximate surface area is 344 Å². The fraction of sp³-hybridized carbons (Fsp3) is 0.526. The van der Waals surface area contributed by atoms with E-state index < -0.39 is 0 Å². The number of rotatable bonds is 9. The molecule has 0 bridgehead atoms. The van der Waals surface area contributed by atoms with Gasteiger partial charge in [0.25, 0.3) is 0 Å². The van der Waals surface area contributed by atoms with Crippen molar-refractivity contribution in [1.82, 2.24) is 64.3 Å². The molecule has 6 aromatic heterocycles. The molecule has 0 unspecified atom stereocenters. The Morgan fingerprint density at radius 3 is 1.53 bits per heavy atom. The minimum absolute atomic E-state index is 0.218. The predicted molar refractivity (Wildman–Crippen MR) is 223 cm³/mol. The lowest BCUT2D eigenvalue weighted by Crippen LogP contribution is -2.44. The van der Waals surface area contributed by atoms with Crippen molar-refractivity contribution in [3.8, 4) is 22.8 Å². The molecule has 0 spiro atoms. The van der Waals surface area contributed by atoms with Gasteiger partial charge in [0.1, 0.15) is 0 Å². The van der Waals surface area contributed by atoms with Gasteiger partial charge < -0.3 is 41.0 Å². The number of hydrogen-bond donors (Lipinski definition) is 3. The average molecular weight is 823 g/mol. The number of aromatic nitrogens is 12. The van der Waals surface area contributed by atoms with Crippen molar-refractivity contribution in [1.29, 1.82) is 0 Å². The van der Waals surface area contributed by atoms with E-state index in [0.717, 1.165) is 111 Å². The SMILES string of the molecule is Nc1ncc(-c2nc(N3CCOCC3)c3nc(Cl)n(CC4CC4)c3n2)cn1.Nc1ncc(-c2nc(N3CCOCC3)c3nc(N4CCNCC4)n(CC4CC4)c3n2)cn1. The molecule has 5 fully saturated rings. The second-order valence-corrected chi connectivity index (χ2v) is 15.9. The third-order valence-corrected chi connectivity index (χ3v) is 11.5. The number of nitrogens with two attached hydrogens (primary N) is 2. The third kappa shape index (κ3) is 8.08. The van der Waals surface area contributed by atoms with E-state index in [1.54, 1.807) is 24.8 Å². The molecule has 5 aliphatic rings. The van der Waals surface area contributed by atoms with Gasteiger partial charge in [-0.25, -0.2) is 49.8 Å². The van der Waals surface area contributed by atoms with E-state index in [-0.39, 0.29) is 11.9 Å². The number of halogens is 1. The zero-order valence-electron chi connectivity index (χ0n) is 32.7. The maximum atomic E-state index is 6.47. The Hall–Kier alpha value is -5.57. The number of morpholine rings is 2. The molecule has 0 atom stereocenters. The maximum Gasteiger partial charge on any atom is 0.219 e. The molecule has 20 nitrogen and oxygen atoms in total. The van der Waals surface area contributed by atoms with Crippen molar-refractivity contribution in [3.63, 3.8) is 0 Å². The highest BCUT2D eigenvalue weighted by Gasteiger charge is 2.31. The molecule has 0 radical (unpaired) electrons. The molecule has 59 heavy (non-hydrogen) atoms. The standard InChI is InChI=1S/C21H28N10O.C17H19ClN8O/c22-20-24-11-15(12-25-20)17-27-18(29-7-9-32-10-8-29)16-19(28-17)31(13-14-1-2-14)21(26-16)30-5-3-23-4-6-30;18-16-22-12-14(25-3-5-27-6-4-25)23-13(11-7-20-17(19)21-8-11)24-15(12)26(16)9-10-1-2-10/h11-12,14,23H,1-10,13H2,(H2,22,24,25);7-8,10H,1-6,9H2,(H2,19,20,21). The molecular formula is C38H47ClN18O2. The first kappa shape index (κ1) is 37.7. The van der Waals surface area contributed by atoms with Crippen LogP contribution in [0.4, 0.5) is 29.5 Å². The van der Waals surface area contributed by atoms with Crippen molar-refractivity contribution in [3.05, 3.63) is 30.1 Å². The van der Waals surface area contributed by atoms with Crippen LogP contribution in [0.2, 0.25) is 5.28 Å². The second-order valence-electron chi connectivity index (χ2n) is 15.6. The van der Waals surface area contributed by atoms with E-state index in [0.29, 0.717) is 60.8 Å². The highest BCUT2D eigenvalue weighted by Crippen LogP contribution is 2.38. The molecule has 9 heterocycles. The zero-order valence-corrected chi connectivity index (χ0v) is 33.5. The first-order valence-electron chi connectivity index (χ1n) is 20.4. The fourth-order valence-corrected chi connectivity index (χ4v) is 7.88. The van der Waals surface area contributed by atoms with Crippen LogP contribution in [0.25, 0.3) is 45.1 Å². The van der Waals surface area contributed by atoms with Crippen molar-refractivity contribution in [2.75, 3.05) is 105 Å². The highest BCUT2D eigenvalue weighted by molar-refractivity contribution is 6.29. The van der Waals surface area contributed by atoms with Crippen LogP contribution in [0.15, 0.2) is 24.8 Å². The van der Waals surface area contributed by atoms with Crippen molar-refractivity contribution in [2.45, 2.75) is 38.8 Å². The van der Waals surface area contributed by atoms with Gasteiger partial charge in [-0.05, 0) is 49.1 Å². The number of nitrogens with one attached hydrogen (secondary N) is 1. The molecule has 2 aliphatic carbocycles. The Balaban J connectivity index is 0.000000145. The number of piperazine rings is 1. The summed E-state index contributed by atoms with van der Waals surface area (Å²) in [5.41, 5.74) is 16.0. The summed E-state index contributed by atoms with van der Waals surface area (Å²) in [6.07, 6.45) is 11.6. The number of fused-ring (bicyclic) bond motifs is 2. The number of nitrogens with zero attached hydrogens (tertiary/aromatic N) is 15. The number of imidazole rings is 2. The minimum atomic E-state index is 0.218. The summed E-state index contributed by atoms with van der Waals surface area (Å²) in [7, 11) is 0. The lowest BCUT2D eigenvalue weighted by molar-refractivity contribution is 0.122. The van der Waals surface area contributed by atoms with Crippen LogP contribution >= 0.6 is 11.6 Å². The van der Waals surface area contributed by atoms with E-state index in [1.807, 2.05) is 4.57 Å². The summed E-state index contributed by atoms with van der Waals surface area (Å²) in [6, 6.07) is 0. The average Bonchev–Trinajstić information content (AvgIpc) is 4.22. The quantitative estimate of drug-likeness (QED) is 0.178. The van der Waals surface area contributed by atoms with Crippen LogP contribution < -0.4 is 31.5 Å². The van der Waals surface area contributed by atoms with Gasteiger partial charge in [-0.3, -0.25) is 9.13 Å². The molecular weight excluding hydrogens is 776 g/mol. The molecule has 21 heteroatoms. The number of hydrogen-bond acceptors (Lipinski definition) is 18. The summed E-state index contributed by atoms with van der Waals surface area (Å²) in [6.45, 7) is 11.3. The molecule has 2 saturated carbocycles. The van der Waals surface area contributed by atoms with E-state index in [9.17, 15) is 0 Å². The summed E-state index contributed by atoms with van der Waals surface area (Å²) < 4.78 is 15.4. The lowest BCUT2D eigenvalue weighted by atomic mass is 10.3. The van der Waals surface area contributed by atoms with E-state index in [1.165, 1.54) is 25.7 Å². The zero-order chi connectivity index (χ0) is 39.9. The Morgan fingerprint density at radius 2 is 1.03 bits per heavy atom. The second kappa shape index (κ2) is 16.2. The van der Waals surface area contributed by atoms with E-state index in [4.69, 9.17) is 57.5 Å². The van der Waals surface area contributed by atoms with Gasteiger partial charge in [-0.2, -0.15) is 0 Å². The summed E-state index contributed by atoms with van der Waals surface area (Å²) in [5, 5.41) is 3.89. The molecule has 0 aromatic carbocycles. The van der Waals surface area contributed by atoms with Gasteiger partial charge in [0.05, 0.1) is 37.6 Å². The monoisotopic (exact) mass is 822 g/mol. The molecule has 3 saturated heterocycles. The predicted octanol–water partition coefficient (Wildman–Crippen LogP) is 2.29. The number of anilines is 5. The van der Waals surface area contributed by atoms with Crippen molar-refractivity contribution in [2.24, 2.45) is 11.8 Å². The Morgan fingerprint density at radius 1 is 0.576 bits per heavy atom. The van der Waals surface area contributed by atoms with E-state index >= 15 is 0 Å². The largest absolute Gasteiger partial charge is 0.378 e. The molecule has 6 aromatic rings. The summed E-state index contributed by atoms with van der Waals surface area (Å²) in [4.78, 5) is 52.4. The Bertz CT molecular complexity index is 2420. The summed E-state index contributed by atoms with van der Waals surface area (Å²) >= 11 is 6.47. The van der Waals surface area contributed by atoms with Gasteiger partial charge in [-0.1, -0.05) is 0 Å². The summed E-state index contributed by atoms with van der Waals surface area (Å²) in [5.74, 6) is 5.56. The first-order chi connectivity index (χ1) is 28.9. The molecule has 5 N–H and O–H groups in total. The van der Waals surface area contributed by atoms with Crippen LogP contribution in [-0.4, -0.2) is 138 Å². The number of nitrogen functional groups attached to an aromatic ring is 2. The normalized spacial score (nSPS) is 18.7. The van der Waals surface area contributed by atoms with Gasteiger partial charge in [0, 0.05) is 90.2 Å². The third-order valence-electron chi connectivity index (χ3n) is 11.2. The first-order valence-corrected chi connectivity index (χ1v) is 20.8. The van der Waals surface area contributed by atoms with Gasteiger partial charge in [-0.15, -0.1) is 0 Å². The van der Waals surface area contributed by atoms with Crippen LogP contribution in [0.1, 0.15) is 25.7 Å². The topological polar surface area (TPSA) is 231 Å². The smallest absolute Gasteiger partial charge is 0.219 e. The van der Waals surface area contributed by atoms with Crippen molar-refractivity contribution < 1.29 is 9.47 Å². The highest BCUT2D eigenvalue weighted by atomic mass is 35.5. The van der Waals surface area contributed by atoms with Crippen LogP contribution in [0.5, 0.6) is 0 Å².